The lowest BCUT2D eigenvalue weighted by Crippen LogP contribution is -2.53. The number of rotatable bonds is 3. The van der Waals surface area contributed by atoms with Gasteiger partial charge in [0.05, 0.1) is 0 Å². The Bertz CT molecular complexity index is 478. The van der Waals surface area contributed by atoms with Crippen molar-refractivity contribution in [2.24, 2.45) is 35.0 Å². The van der Waals surface area contributed by atoms with E-state index in [9.17, 15) is 0 Å². The van der Waals surface area contributed by atoms with Gasteiger partial charge in [0.1, 0.15) is 0 Å². The van der Waals surface area contributed by atoms with Gasteiger partial charge in [-0.25, -0.2) is 0 Å². The summed E-state index contributed by atoms with van der Waals surface area (Å²) in [4.78, 5) is 0. The predicted molar refractivity (Wildman–Crippen MR) is 96.0 cm³/mol. The molecule has 1 nitrogen and oxygen atoms in total. The number of allylic oxidation sites excluding steroid dienone is 3. The van der Waals surface area contributed by atoms with Crippen LogP contribution in [0.1, 0.15) is 59.8 Å². The highest BCUT2D eigenvalue weighted by molar-refractivity contribution is 5.25. The molecule has 0 aromatic heterocycles. The topological polar surface area (TPSA) is 14.1 Å². The van der Waals surface area contributed by atoms with Crippen LogP contribution in [-0.2, 0) is 0 Å². The highest BCUT2D eigenvalue weighted by Gasteiger charge is 2.60. The second-order valence-electron chi connectivity index (χ2n) is 8.87. The molecule has 22 heavy (non-hydrogen) atoms. The third-order valence-corrected chi connectivity index (χ3v) is 7.72. The van der Waals surface area contributed by atoms with E-state index in [1.807, 2.05) is 0 Å². The molecule has 3 aliphatic rings. The van der Waals surface area contributed by atoms with E-state index in [1.165, 1.54) is 37.7 Å². The molecule has 0 aromatic rings. The first-order chi connectivity index (χ1) is 10.3. The summed E-state index contributed by atoms with van der Waals surface area (Å²) in [5.74, 6) is 4.20. The maximum atomic E-state index is 4.90. The van der Waals surface area contributed by atoms with Gasteiger partial charge in [0, 0.05) is 0 Å². The minimum atomic E-state index is 0.216. The Hall–Kier alpha value is -0.560. The van der Waals surface area contributed by atoms with Crippen molar-refractivity contribution in [3.63, 3.8) is 0 Å². The fraction of sp³-hybridized carbons (Fsp3) is 0.810. The molecule has 0 spiro atoms. The lowest BCUT2D eigenvalue weighted by atomic mass is 9.50. The van der Waals surface area contributed by atoms with Crippen molar-refractivity contribution in [3.8, 4) is 0 Å². The van der Waals surface area contributed by atoms with Gasteiger partial charge in [-0.15, -0.1) is 5.54 Å². The normalized spacial score (nSPS) is 51.0. The average molecular weight is 301 g/mol. The van der Waals surface area contributed by atoms with Gasteiger partial charge in [-0.2, -0.15) is 7.05 Å². The lowest BCUT2D eigenvalue weighted by molar-refractivity contribution is -0.0222. The van der Waals surface area contributed by atoms with E-state index in [2.05, 4.69) is 53.5 Å². The molecular formula is C21H34N-. The van der Waals surface area contributed by atoms with Crippen LogP contribution < -0.4 is 0 Å². The van der Waals surface area contributed by atoms with Crippen LogP contribution in [0.4, 0.5) is 0 Å². The Morgan fingerprint density at radius 3 is 2.59 bits per heavy atom. The van der Waals surface area contributed by atoms with E-state index < -0.39 is 0 Å². The molecule has 0 aromatic carbocycles. The van der Waals surface area contributed by atoms with Crippen LogP contribution >= 0.6 is 0 Å². The molecule has 7 unspecified atom stereocenters. The molecule has 3 rings (SSSR count). The summed E-state index contributed by atoms with van der Waals surface area (Å²) in [7, 11) is 2.06. The molecule has 0 bridgehead atoms. The summed E-state index contributed by atoms with van der Waals surface area (Å²) in [5, 5.41) is 4.90. The molecule has 3 saturated carbocycles. The SMILES string of the molecule is C=C(C)C=CC12CC(C)C3CCC(C)([N-]C)C(CCC1C)C32. The van der Waals surface area contributed by atoms with Crippen molar-refractivity contribution in [2.45, 2.75) is 65.3 Å². The summed E-state index contributed by atoms with van der Waals surface area (Å²) in [5.41, 5.74) is 1.81. The predicted octanol–water partition coefficient (Wildman–Crippen LogP) is 5.98. The zero-order valence-corrected chi connectivity index (χ0v) is 15.2. The minimum Gasteiger partial charge on any atom is -0.659 e. The van der Waals surface area contributed by atoms with Crippen LogP contribution in [0.25, 0.3) is 5.32 Å². The van der Waals surface area contributed by atoms with Crippen molar-refractivity contribution in [3.05, 3.63) is 29.6 Å². The van der Waals surface area contributed by atoms with Gasteiger partial charge in [-0.1, -0.05) is 70.3 Å². The second kappa shape index (κ2) is 5.51. The number of nitrogens with zero attached hydrogens (tertiary/aromatic N) is 1. The molecule has 1 heteroatoms. The van der Waals surface area contributed by atoms with Crippen molar-refractivity contribution in [1.82, 2.24) is 0 Å². The molecule has 3 aliphatic carbocycles. The van der Waals surface area contributed by atoms with Gasteiger partial charge in [-0.05, 0) is 48.9 Å². The van der Waals surface area contributed by atoms with Crippen LogP contribution in [0.5, 0.6) is 0 Å². The molecule has 0 aliphatic heterocycles. The standard InChI is InChI=1S/C21H34N/c1-14(2)9-12-21-13-15(3)17-10-11-20(5,22-6)18(19(17)21)8-7-16(21)4/h9,12,15-19H,1,7-8,10-11,13H2,2-6H3/q-1. The second-order valence-corrected chi connectivity index (χ2v) is 8.87. The van der Waals surface area contributed by atoms with E-state index >= 15 is 0 Å². The van der Waals surface area contributed by atoms with E-state index in [1.54, 1.807) is 0 Å². The summed E-state index contributed by atoms with van der Waals surface area (Å²) in [6.45, 7) is 13.7. The van der Waals surface area contributed by atoms with Crippen molar-refractivity contribution >= 4 is 0 Å². The first-order valence-corrected chi connectivity index (χ1v) is 9.30. The first kappa shape index (κ1) is 16.3. The van der Waals surface area contributed by atoms with Crippen molar-refractivity contribution < 1.29 is 0 Å². The third kappa shape index (κ3) is 2.23. The molecule has 3 fully saturated rings. The largest absolute Gasteiger partial charge is 0.659 e. The third-order valence-electron chi connectivity index (χ3n) is 7.72. The Morgan fingerprint density at radius 1 is 1.23 bits per heavy atom. The highest BCUT2D eigenvalue weighted by atomic mass is 15.0. The monoisotopic (exact) mass is 300 g/mol. The van der Waals surface area contributed by atoms with Gasteiger partial charge in [0.2, 0.25) is 0 Å². The fourth-order valence-corrected chi connectivity index (χ4v) is 6.40. The van der Waals surface area contributed by atoms with Crippen LogP contribution in [0, 0.1) is 35.0 Å². The molecule has 124 valence electrons. The first-order valence-electron chi connectivity index (χ1n) is 9.30. The van der Waals surface area contributed by atoms with Crippen molar-refractivity contribution in [2.75, 3.05) is 7.05 Å². The summed E-state index contributed by atoms with van der Waals surface area (Å²) < 4.78 is 0. The van der Waals surface area contributed by atoms with Crippen molar-refractivity contribution in [1.29, 1.82) is 0 Å². The van der Waals surface area contributed by atoms with E-state index in [0.717, 1.165) is 29.6 Å². The molecule has 0 heterocycles. The molecule has 0 N–H and O–H groups in total. The highest BCUT2D eigenvalue weighted by Crippen LogP contribution is 2.68. The quantitative estimate of drug-likeness (QED) is 0.569. The Morgan fingerprint density at radius 2 is 1.95 bits per heavy atom. The van der Waals surface area contributed by atoms with Crippen LogP contribution in [0.15, 0.2) is 24.3 Å². The summed E-state index contributed by atoms with van der Waals surface area (Å²) in [6, 6.07) is 0. The molecule has 0 amide bonds. The minimum absolute atomic E-state index is 0.216. The van der Waals surface area contributed by atoms with Gasteiger partial charge < -0.3 is 5.32 Å². The maximum Gasteiger partial charge on any atom is -0.00536 e. The summed E-state index contributed by atoms with van der Waals surface area (Å²) in [6.07, 6.45) is 11.7. The molecule has 0 radical (unpaired) electrons. The Balaban J connectivity index is 2.05. The lowest BCUT2D eigenvalue weighted by Gasteiger charge is -2.62. The maximum absolute atomic E-state index is 4.90. The van der Waals surface area contributed by atoms with Crippen LogP contribution in [0.2, 0.25) is 0 Å². The zero-order chi connectivity index (χ0) is 16.1. The zero-order valence-electron chi connectivity index (χ0n) is 15.2. The smallest absolute Gasteiger partial charge is 0.00536 e. The number of hydrogen-bond acceptors (Lipinski definition) is 0. The Kier molecular flexibility index (Phi) is 4.08. The van der Waals surface area contributed by atoms with Crippen LogP contribution in [0.3, 0.4) is 0 Å². The van der Waals surface area contributed by atoms with Gasteiger partial charge in [0.25, 0.3) is 0 Å². The molecular weight excluding hydrogens is 266 g/mol. The Labute approximate surface area is 137 Å². The van der Waals surface area contributed by atoms with E-state index in [0.29, 0.717) is 5.41 Å². The van der Waals surface area contributed by atoms with Gasteiger partial charge in [-0.3, -0.25) is 0 Å². The van der Waals surface area contributed by atoms with E-state index in [4.69, 9.17) is 5.32 Å². The number of hydrogen-bond donors (Lipinski definition) is 0. The van der Waals surface area contributed by atoms with E-state index in [-0.39, 0.29) is 5.54 Å². The van der Waals surface area contributed by atoms with Crippen LogP contribution in [-0.4, -0.2) is 12.6 Å². The molecule has 7 atom stereocenters. The summed E-state index contributed by atoms with van der Waals surface area (Å²) >= 11 is 0. The fourth-order valence-electron chi connectivity index (χ4n) is 6.40. The molecule has 0 saturated heterocycles. The van der Waals surface area contributed by atoms with Gasteiger partial charge in [0.15, 0.2) is 0 Å². The average Bonchev–Trinajstić information content (AvgIpc) is 2.78. The van der Waals surface area contributed by atoms with Gasteiger partial charge >= 0.3 is 0 Å².